The van der Waals surface area contributed by atoms with E-state index >= 15 is 0 Å². The van der Waals surface area contributed by atoms with Crippen LogP contribution in [-0.2, 0) is 17.5 Å². The predicted octanol–water partition coefficient (Wildman–Crippen LogP) is 3.83. The summed E-state index contributed by atoms with van der Waals surface area (Å²) in [6.45, 7) is 1.07. The number of rotatable bonds is 7. The smallest absolute Gasteiger partial charge is 0.416 e. The second kappa shape index (κ2) is 8.53. The maximum absolute atomic E-state index is 12.5. The Kier molecular flexibility index (Phi) is 6.41. The third-order valence-corrected chi connectivity index (χ3v) is 3.51. The SMILES string of the molecule is COc1ccc(CNCCC(=O)Nc2ccc(C(F)(F)F)cc2)cc1. The fourth-order valence-electron chi connectivity index (χ4n) is 2.14. The highest BCUT2D eigenvalue weighted by atomic mass is 19.4. The first-order valence-corrected chi connectivity index (χ1v) is 7.69. The van der Waals surface area contributed by atoms with Gasteiger partial charge >= 0.3 is 6.18 Å². The van der Waals surface area contributed by atoms with Crippen molar-refractivity contribution in [2.75, 3.05) is 19.0 Å². The molecule has 0 atom stereocenters. The van der Waals surface area contributed by atoms with Gasteiger partial charge in [0.1, 0.15) is 5.75 Å². The van der Waals surface area contributed by atoms with Crippen molar-refractivity contribution in [3.8, 4) is 5.75 Å². The van der Waals surface area contributed by atoms with Crippen LogP contribution in [0, 0.1) is 0 Å². The molecule has 0 aliphatic carbocycles. The van der Waals surface area contributed by atoms with E-state index in [4.69, 9.17) is 4.74 Å². The van der Waals surface area contributed by atoms with Crippen molar-refractivity contribution in [2.24, 2.45) is 0 Å². The first-order valence-electron chi connectivity index (χ1n) is 7.69. The number of carbonyl (C=O) groups is 1. The number of hydrogen-bond donors (Lipinski definition) is 2. The fraction of sp³-hybridized carbons (Fsp3) is 0.278. The number of ether oxygens (including phenoxy) is 1. The molecule has 7 heteroatoms. The zero-order valence-electron chi connectivity index (χ0n) is 13.7. The zero-order chi connectivity index (χ0) is 18.3. The average Bonchev–Trinajstić information content (AvgIpc) is 2.59. The minimum atomic E-state index is -4.38. The molecular weight excluding hydrogens is 333 g/mol. The van der Waals surface area contributed by atoms with Crippen molar-refractivity contribution in [3.63, 3.8) is 0 Å². The molecule has 2 rings (SSSR count). The molecule has 0 saturated carbocycles. The molecule has 0 spiro atoms. The number of hydrogen-bond acceptors (Lipinski definition) is 3. The van der Waals surface area contributed by atoms with Gasteiger partial charge in [0, 0.05) is 25.2 Å². The van der Waals surface area contributed by atoms with Gasteiger partial charge in [0.2, 0.25) is 5.91 Å². The van der Waals surface area contributed by atoms with E-state index in [2.05, 4.69) is 10.6 Å². The van der Waals surface area contributed by atoms with Crippen LogP contribution in [0.25, 0.3) is 0 Å². The maximum atomic E-state index is 12.5. The third kappa shape index (κ3) is 6.11. The van der Waals surface area contributed by atoms with Crippen LogP contribution in [0.3, 0.4) is 0 Å². The van der Waals surface area contributed by atoms with Gasteiger partial charge in [-0.15, -0.1) is 0 Å². The highest BCUT2D eigenvalue weighted by Crippen LogP contribution is 2.29. The summed E-state index contributed by atoms with van der Waals surface area (Å²) in [5.41, 5.74) is 0.656. The average molecular weight is 352 g/mol. The zero-order valence-corrected chi connectivity index (χ0v) is 13.7. The Balaban J connectivity index is 1.71. The van der Waals surface area contributed by atoms with E-state index in [9.17, 15) is 18.0 Å². The fourth-order valence-corrected chi connectivity index (χ4v) is 2.14. The van der Waals surface area contributed by atoms with E-state index in [1.165, 1.54) is 12.1 Å². The minimum Gasteiger partial charge on any atom is -0.497 e. The van der Waals surface area contributed by atoms with Crippen molar-refractivity contribution in [3.05, 3.63) is 59.7 Å². The largest absolute Gasteiger partial charge is 0.497 e. The molecule has 0 aliphatic rings. The lowest BCUT2D eigenvalue weighted by atomic mass is 10.2. The molecule has 2 aromatic rings. The summed E-state index contributed by atoms with van der Waals surface area (Å²) in [7, 11) is 1.60. The quantitative estimate of drug-likeness (QED) is 0.745. The molecule has 2 N–H and O–H groups in total. The van der Waals surface area contributed by atoms with Crippen LogP contribution in [0.1, 0.15) is 17.5 Å². The number of carbonyl (C=O) groups excluding carboxylic acids is 1. The molecule has 0 aromatic heterocycles. The highest BCUT2D eigenvalue weighted by Gasteiger charge is 2.29. The predicted molar refractivity (Wildman–Crippen MR) is 89.4 cm³/mol. The lowest BCUT2D eigenvalue weighted by Crippen LogP contribution is -2.21. The molecule has 0 radical (unpaired) electrons. The van der Waals surface area contributed by atoms with E-state index in [0.717, 1.165) is 23.4 Å². The summed E-state index contributed by atoms with van der Waals surface area (Å²) >= 11 is 0. The maximum Gasteiger partial charge on any atom is 0.416 e. The lowest BCUT2D eigenvalue weighted by molar-refractivity contribution is -0.137. The van der Waals surface area contributed by atoms with Crippen LogP contribution in [0.15, 0.2) is 48.5 Å². The number of methoxy groups -OCH3 is 1. The molecule has 25 heavy (non-hydrogen) atoms. The molecular formula is C18H19F3N2O2. The van der Waals surface area contributed by atoms with Gasteiger partial charge in [-0.05, 0) is 42.0 Å². The summed E-state index contributed by atoms with van der Waals surface area (Å²) < 4.78 is 42.5. The van der Waals surface area contributed by atoms with Crippen molar-refractivity contribution in [2.45, 2.75) is 19.1 Å². The van der Waals surface area contributed by atoms with Crippen molar-refractivity contribution in [1.29, 1.82) is 0 Å². The molecule has 0 aliphatic heterocycles. The van der Waals surface area contributed by atoms with Crippen molar-refractivity contribution in [1.82, 2.24) is 5.32 Å². The summed E-state index contributed by atoms with van der Waals surface area (Å²) in [5, 5.41) is 5.71. The topological polar surface area (TPSA) is 50.4 Å². The number of benzene rings is 2. The van der Waals surface area contributed by atoms with Gasteiger partial charge < -0.3 is 15.4 Å². The lowest BCUT2D eigenvalue weighted by Gasteiger charge is -2.09. The van der Waals surface area contributed by atoms with Crippen LogP contribution >= 0.6 is 0 Å². The van der Waals surface area contributed by atoms with Crippen LogP contribution in [0.4, 0.5) is 18.9 Å². The van der Waals surface area contributed by atoms with Gasteiger partial charge in [0.25, 0.3) is 0 Å². The Hall–Kier alpha value is -2.54. The first-order chi connectivity index (χ1) is 11.9. The molecule has 0 saturated heterocycles. The first kappa shape index (κ1) is 18.8. The number of alkyl halides is 3. The van der Waals surface area contributed by atoms with Crippen LogP contribution in [0.5, 0.6) is 5.75 Å². The summed E-state index contributed by atoms with van der Waals surface area (Å²) in [5.74, 6) is 0.515. The van der Waals surface area contributed by atoms with Crippen LogP contribution < -0.4 is 15.4 Å². The minimum absolute atomic E-state index is 0.219. The summed E-state index contributed by atoms with van der Waals surface area (Å²) in [6, 6.07) is 11.9. The molecule has 0 fully saturated rings. The van der Waals surface area contributed by atoms with Gasteiger partial charge in [0.05, 0.1) is 12.7 Å². The van der Waals surface area contributed by atoms with E-state index in [1.807, 2.05) is 24.3 Å². The van der Waals surface area contributed by atoms with E-state index in [1.54, 1.807) is 7.11 Å². The van der Waals surface area contributed by atoms with E-state index < -0.39 is 11.7 Å². The molecule has 4 nitrogen and oxygen atoms in total. The molecule has 1 amide bonds. The molecule has 2 aromatic carbocycles. The van der Waals surface area contributed by atoms with E-state index in [0.29, 0.717) is 18.8 Å². The van der Waals surface area contributed by atoms with Gasteiger partial charge in [0.15, 0.2) is 0 Å². The molecule has 0 unspecified atom stereocenters. The monoisotopic (exact) mass is 352 g/mol. The van der Waals surface area contributed by atoms with Crippen molar-refractivity contribution < 1.29 is 22.7 Å². The number of anilines is 1. The Labute approximate surface area is 144 Å². The Morgan fingerprint density at radius 3 is 2.24 bits per heavy atom. The second-order valence-electron chi connectivity index (χ2n) is 5.40. The van der Waals surface area contributed by atoms with Gasteiger partial charge in [-0.2, -0.15) is 13.2 Å². The Morgan fingerprint density at radius 1 is 1.04 bits per heavy atom. The molecule has 134 valence electrons. The second-order valence-corrected chi connectivity index (χ2v) is 5.40. The van der Waals surface area contributed by atoms with Gasteiger partial charge in [-0.3, -0.25) is 4.79 Å². The van der Waals surface area contributed by atoms with Crippen molar-refractivity contribution >= 4 is 11.6 Å². The Morgan fingerprint density at radius 2 is 1.68 bits per heavy atom. The van der Waals surface area contributed by atoms with Gasteiger partial charge in [-0.1, -0.05) is 12.1 Å². The molecule has 0 heterocycles. The normalized spacial score (nSPS) is 11.2. The summed E-state index contributed by atoms with van der Waals surface area (Å²) in [4.78, 5) is 11.8. The van der Waals surface area contributed by atoms with Gasteiger partial charge in [-0.25, -0.2) is 0 Å². The Bertz CT molecular complexity index is 683. The number of nitrogens with one attached hydrogen (secondary N) is 2. The molecule has 0 bridgehead atoms. The highest BCUT2D eigenvalue weighted by molar-refractivity contribution is 5.90. The summed E-state index contributed by atoms with van der Waals surface area (Å²) in [6.07, 6.45) is -4.16. The van der Waals surface area contributed by atoms with Crippen LogP contribution in [-0.4, -0.2) is 19.6 Å². The number of halogens is 3. The standard InChI is InChI=1S/C18H19F3N2O2/c1-25-16-8-2-13(3-9-16)12-22-11-10-17(24)23-15-6-4-14(5-7-15)18(19,20)21/h2-9,22H,10-12H2,1H3,(H,23,24). The third-order valence-electron chi connectivity index (χ3n) is 3.51. The van der Waals surface area contributed by atoms with Crippen LogP contribution in [0.2, 0.25) is 0 Å². The number of amides is 1. The van der Waals surface area contributed by atoms with E-state index in [-0.39, 0.29) is 12.3 Å².